The van der Waals surface area contributed by atoms with Crippen LogP contribution in [0.5, 0.6) is 0 Å². The standard InChI is InChI=1S/C27H30N8O2S/c1-34(2)24-6-4-20(17-31-24)22-5-3-19(16-30-22)15-28-14-18-8-11-35(12-9-18)26-29-10-7-21(32-26)13-23-25(36)33-27(37)38-23/h3-7,10,13,16-18,28H,8-9,11-12,14-15H2,1-2H3,(H,33,36,37)/b23-13-. The van der Waals surface area contributed by atoms with Crippen LogP contribution in [0.25, 0.3) is 17.3 Å². The van der Waals surface area contributed by atoms with Gasteiger partial charge in [-0.05, 0) is 73.0 Å². The van der Waals surface area contributed by atoms with Gasteiger partial charge in [0.1, 0.15) is 5.82 Å². The molecule has 0 unspecified atom stereocenters. The molecular weight excluding hydrogens is 500 g/mol. The van der Waals surface area contributed by atoms with Crippen LogP contribution in [0.1, 0.15) is 24.1 Å². The summed E-state index contributed by atoms with van der Waals surface area (Å²) in [6.45, 7) is 3.46. The summed E-state index contributed by atoms with van der Waals surface area (Å²) in [7, 11) is 3.95. The number of nitrogens with zero attached hydrogens (tertiary/aromatic N) is 6. The third-order valence-electron chi connectivity index (χ3n) is 6.57. The summed E-state index contributed by atoms with van der Waals surface area (Å²) >= 11 is 0.890. The fourth-order valence-electron chi connectivity index (χ4n) is 4.41. The predicted molar refractivity (Wildman–Crippen MR) is 150 cm³/mol. The number of aromatic nitrogens is 4. The molecule has 3 aromatic heterocycles. The van der Waals surface area contributed by atoms with Gasteiger partial charge in [-0.1, -0.05) is 6.07 Å². The Morgan fingerprint density at radius 3 is 2.58 bits per heavy atom. The molecule has 2 aliphatic heterocycles. The van der Waals surface area contributed by atoms with Crippen molar-refractivity contribution >= 4 is 40.8 Å². The van der Waals surface area contributed by atoms with Crippen molar-refractivity contribution in [1.29, 1.82) is 0 Å². The van der Waals surface area contributed by atoms with Crippen molar-refractivity contribution in [3.8, 4) is 11.3 Å². The highest BCUT2D eigenvalue weighted by Crippen LogP contribution is 2.26. The van der Waals surface area contributed by atoms with Crippen molar-refractivity contribution in [1.82, 2.24) is 30.6 Å². The molecule has 11 heteroatoms. The average molecular weight is 531 g/mol. The zero-order valence-corrected chi connectivity index (χ0v) is 22.2. The molecule has 2 fully saturated rings. The Labute approximate surface area is 226 Å². The molecule has 10 nitrogen and oxygen atoms in total. The van der Waals surface area contributed by atoms with Crippen LogP contribution in [0.3, 0.4) is 0 Å². The van der Waals surface area contributed by atoms with Crippen molar-refractivity contribution in [3.63, 3.8) is 0 Å². The molecule has 0 radical (unpaired) electrons. The minimum Gasteiger partial charge on any atom is -0.363 e. The van der Waals surface area contributed by atoms with Gasteiger partial charge in [-0.3, -0.25) is 19.9 Å². The van der Waals surface area contributed by atoms with Crippen LogP contribution < -0.4 is 20.4 Å². The van der Waals surface area contributed by atoms with Gasteiger partial charge >= 0.3 is 0 Å². The number of thioether (sulfide) groups is 1. The molecule has 196 valence electrons. The summed E-state index contributed by atoms with van der Waals surface area (Å²) in [6, 6.07) is 9.94. The van der Waals surface area contributed by atoms with E-state index in [1.807, 2.05) is 49.6 Å². The second kappa shape index (κ2) is 11.7. The van der Waals surface area contributed by atoms with E-state index in [-0.39, 0.29) is 11.1 Å². The first-order valence-electron chi connectivity index (χ1n) is 12.6. The molecule has 0 atom stereocenters. The average Bonchev–Trinajstić information content (AvgIpc) is 3.25. The van der Waals surface area contributed by atoms with E-state index < -0.39 is 0 Å². The van der Waals surface area contributed by atoms with Gasteiger partial charge in [0.25, 0.3) is 11.1 Å². The summed E-state index contributed by atoms with van der Waals surface area (Å²) in [4.78, 5) is 45.8. The first-order valence-corrected chi connectivity index (χ1v) is 13.4. The maximum absolute atomic E-state index is 11.8. The quantitative estimate of drug-likeness (QED) is 0.420. The molecule has 0 aliphatic carbocycles. The van der Waals surface area contributed by atoms with E-state index in [0.717, 1.165) is 73.4 Å². The summed E-state index contributed by atoms with van der Waals surface area (Å²) < 4.78 is 0. The van der Waals surface area contributed by atoms with E-state index in [2.05, 4.69) is 41.5 Å². The molecule has 2 amide bonds. The Bertz CT molecular complexity index is 1320. The zero-order valence-electron chi connectivity index (χ0n) is 21.4. The molecule has 5 heterocycles. The number of nitrogens with one attached hydrogen (secondary N) is 2. The fourth-order valence-corrected chi connectivity index (χ4v) is 5.08. The Morgan fingerprint density at radius 1 is 1.08 bits per heavy atom. The van der Waals surface area contributed by atoms with Gasteiger partial charge in [0.15, 0.2) is 0 Å². The minimum atomic E-state index is -0.382. The van der Waals surface area contributed by atoms with Crippen LogP contribution in [-0.4, -0.2) is 64.8 Å². The SMILES string of the molecule is CN(C)c1ccc(-c2ccc(CNCC3CCN(c4nccc(/C=C5\SC(=O)NC5=O)n4)CC3)cn2)cn1. The van der Waals surface area contributed by atoms with E-state index in [9.17, 15) is 9.59 Å². The number of anilines is 2. The normalized spacial score (nSPS) is 17.2. The molecule has 3 aromatic rings. The maximum Gasteiger partial charge on any atom is 0.290 e. The predicted octanol–water partition coefficient (Wildman–Crippen LogP) is 3.33. The summed E-state index contributed by atoms with van der Waals surface area (Å²) in [5.41, 5.74) is 3.69. The molecule has 2 aliphatic rings. The molecule has 0 spiro atoms. The monoisotopic (exact) mass is 530 g/mol. The van der Waals surface area contributed by atoms with E-state index in [4.69, 9.17) is 0 Å². The smallest absolute Gasteiger partial charge is 0.290 e. The van der Waals surface area contributed by atoms with E-state index >= 15 is 0 Å². The third-order valence-corrected chi connectivity index (χ3v) is 7.38. The van der Waals surface area contributed by atoms with Crippen molar-refractivity contribution in [2.75, 3.05) is 43.5 Å². The first-order chi connectivity index (χ1) is 18.4. The number of piperidine rings is 1. The Morgan fingerprint density at radius 2 is 1.92 bits per heavy atom. The van der Waals surface area contributed by atoms with Crippen LogP contribution >= 0.6 is 11.8 Å². The summed E-state index contributed by atoms with van der Waals surface area (Å²) in [5, 5.41) is 5.48. The van der Waals surface area contributed by atoms with Crippen LogP contribution in [0.2, 0.25) is 0 Å². The van der Waals surface area contributed by atoms with Crippen LogP contribution in [0.4, 0.5) is 16.6 Å². The van der Waals surface area contributed by atoms with E-state index in [0.29, 0.717) is 22.5 Å². The topological polar surface area (TPSA) is 116 Å². The van der Waals surface area contributed by atoms with Gasteiger partial charge in [0.2, 0.25) is 5.95 Å². The minimum absolute atomic E-state index is 0.352. The highest BCUT2D eigenvalue weighted by Gasteiger charge is 2.25. The molecule has 0 bridgehead atoms. The highest BCUT2D eigenvalue weighted by molar-refractivity contribution is 8.18. The van der Waals surface area contributed by atoms with Crippen molar-refractivity contribution in [2.45, 2.75) is 19.4 Å². The number of rotatable bonds is 8. The van der Waals surface area contributed by atoms with Crippen LogP contribution in [0.15, 0.2) is 53.8 Å². The molecule has 2 saturated heterocycles. The number of amides is 2. The largest absolute Gasteiger partial charge is 0.363 e. The highest BCUT2D eigenvalue weighted by atomic mass is 32.2. The van der Waals surface area contributed by atoms with Gasteiger partial charge in [-0.25, -0.2) is 15.0 Å². The van der Waals surface area contributed by atoms with Crippen LogP contribution in [0, 0.1) is 5.92 Å². The molecule has 38 heavy (non-hydrogen) atoms. The number of hydrogen-bond donors (Lipinski definition) is 2. The molecule has 0 saturated carbocycles. The number of hydrogen-bond acceptors (Lipinski definition) is 10. The number of carbonyl (C=O) groups is 2. The van der Waals surface area contributed by atoms with Gasteiger partial charge < -0.3 is 15.1 Å². The molecule has 0 aromatic carbocycles. The summed E-state index contributed by atoms with van der Waals surface area (Å²) in [5.74, 6) is 1.77. The number of carbonyl (C=O) groups excluding carboxylic acids is 2. The Hall–Kier alpha value is -3.83. The lowest BCUT2D eigenvalue weighted by Gasteiger charge is -2.32. The number of imide groups is 1. The van der Waals surface area contributed by atoms with E-state index in [1.165, 1.54) is 0 Å². The second-order valence-electron chi connectivity index (χ2n) is 9.55. The van der Waals surface area contributed by atoms with Crippen molar-refractivity contribution in [3.05, 3.63) is 65.1 Å². The zero-order chi connectivity index (χ0) is 26.5. The van der Waals surface area contributed by atoms with Crippen molar-refractivity contribution < 1.29 is 9.59 Å². The van der Waals surface area contributed by atoms with E-state index in [1.54, 1.807) is 18.3 Å². The Balaban J connectivity index is 1.08. The van der Waals surface area contributed by atoms with Gasteiger partial charge in [-0.15, -0.1) is 0 Å². The number of pyridine rings is 2. The fraction of sp³-hybridized carbons (Fsp3) is 0.333. The van der Waals surface area contributed by atoms with Crippen LogP contribution in [-0.2, 0) is 11.3 Å². The molecule has 2 N–H and O–H groups in total. The molecule has 5 rings (SSSR count). The second-order valence-corrected chi connectivity index (χ2v) is 10.6. The summed E-state index contributed by atoms with van der Waals surface area (Å²) in [6.07, 6.45) is 9.19. The third kappa shape index (κ3) is 6.35. The van der Waals surface area contributed by atoms with Gasteiger partial charge in [0.05, 0.1) is 16.3 Å². The lowest BCUT2D eigenvalue weighted by atomic mass is 9.97. The van der Waals surface area contributed by atoms with Gasteiger partial charge in [-0.2, -0.15) is 0 Å². The van der Waals surface area contributed by atoms with Crippen molar-refractivity contribution in [2.24, 2.45) is 5.92 Å². The lowest BCUT2D eigenvalue weighted by molar-refractivity contribution is -0.115. The molecular formula is C27H30N8O2S. The van der Waals surface area contributed by atoms with Gasteiger partial charge in [0, 0.05) is 57.9 Å². The Kier molecular flexibility index (Phi) is 7.94. The maximum atomic E-state index is 11.8. The lowest BCUT2D eigenvalue weighted by Crippen LogP contribution is -2.38. The first kappa shape index (κ1) is 25.8.